The molecule has 2 N–H and O–H groups in total. The maximum atomic E-state index is 13.6. The zero-order chi connectivity index (χ0) is 26.6. The number of anilines is 3. The number of hydrogen-bond donors (Lipinski definition) is 2. The summed E-state index contributed by atoms with van der Waals surface area (Å²) in [5, 5.41) is 6.88. The molecule has 0 radical (unpaired) electrons. The van der Waals surface area contributed by atoms with Crippen LogP contribution >= 0.6 is 11.6 Å². The van der Waals surface area contributed by atoms with Crippen molar-refractivity contribution < 1.29 is 13.9 Å². The molecule has 2 aromatic carbocycles. The van der Waals surface area contributed by atoms with Gasteiger partial charge < -0.3 is 15.4 Å². The van der Waals surface area contributed by atoms with Crippen molar-refractivity contribution in [3.8, 4) is 0 Å². The number of rotatable bonds is 9. The summed E-state index contributed by atoms with van der Waals surface area (Å²) in [4.78, 5) is 26.1. The lowest BCUT2D eigenvalue weighted by atomic mass is 9.88. The van der Waals surface area contributed by atoms with Gasteiger partial charge in [0.1, 0.15) is 18.0 Å². The van der Waals surface area contributed by atoms with Crippen LogP contribution in [0.1, 0.15) is 19.4 Å². The van der Waals surface area contributed by atoms with Crippen molar-refractivity contribution in [2.45, 2.75) is 19.4 Å². The SMILES string of the molecule is C=CC(=O)Nc1cc2c(Nc3ccc(F)c(Cl)c3)ncnc2cc1C(C)(C)N1CCN(CCOC)CC1. The van der Waals surface area contributed by atoms with E-state index in [-0.39, 0.29) is 10.9 Å². The number of piperazine rings is 1. The van der Waals surface area contributed by atoms with Crippen molar-refractivity contribution in [1.29, 1.82) is 0 Å². The molecule has 0 bridgehead atoms. The summed E-state index contributed by atoms with van der Waals surface area (Å²) in [7, 11) is 1.72. The van der Waals surface area contributed by atoms with Gasteiger partial charge in [-0.3, -0.25) is 14.6 Å². The predicted molar refractivity (Wildman–Crippen MR) is 146 cm³/mol. The maximum absolute atomic E-state index is 13.6. The zero-order valence-electron chi connectivity index (χ0n) is 21.4. The minimum Gasteiger partial charge on any atom is -0.383 e. The Kier molecular flexibility index (Phi) is 8.39. The van der Waals surface area contributed by atoms with Crippen LogP contribution in [-0.4, -0.2) is 72.1 Å². The summed E-state index contributed by atoms with van der Waals surface area (Å²) in [5.74, 6) is -0.295. The van der Waals surface area contributed by atoms with Gasteiger partial charge in [0.15, 0.2) is 0 Å². The van der Waals surface area contributed by atoms with E-state index in [0.29, 0.717) is 34.7 Å². The van der Waals surface area contributed by atoms with E-state index in [9.17, 15) is 9.18 Å². The minimum absolute atomic E-state index is 0.00801. The maximum Gasteiger partial charge on any atom is 0.247 e. The molecule has 1 saturated heterocycles. The number of aromatic nitrogens is 2. The highest BCUT2D eigenvalue weighted by atomic mass is 35.5. The first-order valence-electron chi connectivity index (χ1n) is 12.1. The molecule has 0 atom stereocenters. The summed E-state index contributed by atoms with van der Waals surface area (Å²) >= 11 is 5.96. The zero-order valence-corrected chi connectivity index (χ0v) is 22.1. The van der Waals surface area contributed by atoms with Crippen molar-refractivity contribution in [3.05, 3.63) is 65.7 Å². The van der Waals surface area contributed by atoms with Gasteiger partial charge in [-0.1, -0.05) is 18.2 Å². The number of nitrogens with zero attached hydrogens (tertiary/aromatic N) is 4. The molecular weight excluding hydrogens is 495 g/mol. The molecule has 0 saturated carbocycles. The number of ether oxygens (including phenoxy) is 1. The largest absolute Gasteiger partial charge is 0.383 e. The van der Waals surface area contributed by atoms with Crippen LogP contribution < -0.4 is 10.6 Å². The fourth-order valence-corrected chi connectivity index (χ4v) is 4.81. The topological polar surface area (TPSA) is 82.6 Å². The number of methoxy groups -OCH3 is 1. The van der Waals surface area contributed by atoms with Crippen LogP contribution in [0, 0.1) is 5.82 Å². The second-order valence-electron chi connectivity index (χ2n) is 9.46. The Hall–Kier alpha value is -3.11. The lowest BCUT2D eigenvalue weighted by Crippen LogP contribution is -2.53. The van der Waals surface area contributed by atoms with Crippen molar-refractivity contribution in [2.75, 3.05) is 57.1 Å². The third kappa shape index (κ3) is 6.07. The Morgan fingerprint density at radius 3 is 2.65 bits per heavy atom. The number of amides is 1. The number of fused-ring (bicyclic) bond motifs is 1. The van der Waals surface area contributed by atoms with Crippen LogP contribution in [0.5, 0.6) is 0 Å². The first kappa shape index (κ1) is 26.9. The smallest absolute Gasteiger partial charge is 0.247 e. The van der Waals surface area contributed by atoms with E-state index < -0.39 is 11.4 Å². The molecule has 1 amide bonds. The van der Waals surface area contributed by atoms with E-state index >= 15 is 0 Å². The van der Waals surface area contributed by atoms with Crippen molar-refractivity contribution in [3.63, 3.8) is 0 Å². The number of hydrogen-bond acceptors (Lipinski definition) is 7. The summed E-state index contributed by atoms with van der Waals surface area (Å²) in [5.41, 5.74) is 2.49. The van der Waals surface area contributed by atoms with E-state index in [0.717, 1.165) is 38.3 Å². The molecule has 0 unspecified atom stereocenters. The van der Waals surface area contributed by atoms with E-state index in [1.54, 1.807) is 13.2 Å². The Bertz CT molecular complexity index is 1290. The predicted octanol–water partition coefficient (Wildman–Crippen LogP) is 4.79. The van der Waals surface area contributed by atoms with Crippen molar-refractivity contribution >= 4 is 45.6 Å². The molecule has 2 heterocycles. The van der Waals surface area contributed by atoms with Crippen molar-refractivity contribution in [1.82, 2.24) is 19.8 Å². The first-order valence-corrected chi connectivity index (χ1v) is 12.5. The van der Waals surface area contributed by atoms with E-state index in [1.807, 2.05) is 12.1 Å². The van der Waals surface area contributed by atoms with E-state index in [1.165, 1.54) is 24.5 Å². The quantitative estimate of drug-likeness (QED) is 0.388. The lowest BCUT2D eigenvalue weighted by Gasteiger charge is -2.45. The van der Waals surface area contributed by atoms with Gasteiger partial charge in [0.2, 0.25) is 5.91 Å². The number of carbonyl (C=O) groups excluding carboxylic acids is 1. The van der Waals surface area contributed by atoms with Gasteiger partial charge in [-0.2, -0.15) is 0 Å². The molecule has 1 aromatic heterocycles. The highest BCUT2D eigenvalue weighted by molar-refractivity contribution is 6.31. The van der Waals surface area contributed by atoms with Crippen molar-refractivity contribution in [2.24, 2.45) is 0 Å². The number of nitrogens with one attached hydrogen (secondary N) is 2. The van der Waals surface area contributed by atoms with Gasteiger partial charge in [-0.25, -0.2) is 14.4 Å². The van der Waals surface area contributed by atoms with Crippen LogP contribution in [0.4, 0.5) is 21.6 Å². The second-order valence-corrected chi connectivity index (χ2v) is 9.87. The van der Waals surface area contributed by atoms with Gasteiger partial charge in [0.25, 0.3) is 0 Å². The summed E-state index contributed by atoms with van der Waals surface area (Å²) in [6.07, 6.45) is 2.72. The van der Waals surface area contributed by atoms with Crippen LogP contribution in [0.25, 0.3) is 10.9 Å². The van der Waals surface area contributed by atoms with Crippen LogP contribution in [0.15, 0.2) is 49.3 Å². The number of halogens is 2. The fourth-order valence-electron chi connectivity index (χ4n) is 4.63. The van der Waals surface area contributed by atoms with E-state index in [4.69, 9.17) is 16.3 Å². The van der Waals surface area contributed by atoms with Crippen LogP contribution in [0.3, 0.4) is 0 Å². The molecule has 1 aliphatic heterocycles. The molecule has 3 aromatic rings. The molecule has 196 valence electrons. The normalized spacial score (nSPS) is 15.1. The Labute approximate surface area is 221 Å². The highest BCUT2D eigenvalue weighted by Gasteiger charge is 2.34. The average molecular weight is 527 g/mol. The Morgan fingerprint density at radius 1 is 1.22 bits per heavy atom. The average Bonchev–Trinajstić information content (AvgIpc) is 2.89. The Balaban J connectivity index is 1.71. The molecule has 1 fully saturated rings. The van der Waals surface area contributed by atoms with E-state index in [2.05, 4.69) is 50.8 Å². The number of carbonyl (C=O) groups is 1. The summed E-state index contributed by atoms with van der Waals surface area (Å²) < 4.78 is 18.9. The Morgan fingerprint density at radius 2 is 1.97 bits per heavy atom. The van der Waals surface area contributed by atoms with Gasteiger partial charge in [0, 0.05) is 62.1 Å². The van der Waals surface area contributed by atoms with Gasteiger partial charge in [-0.15, -0.1) is 0 Å². The van der Waals surface area contributed by atoms with Crippen LogP contribution in [0.2, 0.25) is 5.02 Å². The van der Waals surface area contributed by atoms with Gasteiger partial charge in [-0.05, 0) is 55.8 Å². The molecule has 8 nitrogen and oxygen atoms in total. The monoisotopic (exact) mass is 526 g/mol. The molecule has 10 heteroatoms. The van der Waals surface area contributed by atoms with Crippen LogP contribution in [-0.2, 0) is 15.1 Å². The summed E-state index contributed by atoms with van der Waals surface area (Å²) in [6, 6.07) is 8.24. The number of benzene rings is 2. The molecule has 4 rings (SSSR count). The fraction of sp³-hybridized carbons (Fsp3) is 0.370. The molecule has 1 aliphatic rings. The van der Waals surface area contributed by atoms with Gasteiger partial charge >= 0.3 is 0 Å². The summed E-state index contributed by atoms with van der Waals surface area (Å²) in [6.45, 7) is 13.2. The third-order valence-corrected chi connectivity index (χ3v) is 7.12. The van der Waals surface area contributed by atoms with Gasteiger partial charge in [0.05, 0.1) is 17.1 Å². The lowest BCUT2D eigenvalue weighted by molar-refractivity contribution is -0.111. The highest BCUT2D eigenvalue weighted by Crippen LogP contribution is 2.38. The third-order valence-electron chi connectivity index (χ3n) is 6.83. The standard InChI is InChI=1S/C27H32ClFN6O2/c1-5-25(36)33-24-15-19-23(30-17-31-26(19)32-18-6-7-22(29)21(28)14-18)16-20(24)27(2,3)35-10-8-34(9-11-35)12-13-37-4/h5-7,14-17H,1,8-13H2,2-4H3,(H,33,36)(H,30,31,32). The molecule has 0 aliphatic carbocycles. The second kappa shape index (κ2) is 11.5. The first-order chi connectivity index (χ1) is 17.7. The molecular formula is C27H32ClFN6O2. The molecule has 37 heavy (non-hydrogen) atoms. The molecule has 0 spiro atoms. The minimum atomic E-state index is -0.499.